The van der Waals surface area contributed by atoms with Gasteiger partial charge in [-0.2, -0.15) is 0 Å². The van der Waals surface area contributed by atoms with Gasteiger partial charge < -0.3 is 4.90 Å². The highest BCUT2D eigenvalue weighted by atomic mass is 79.9. The minimum absolute atomic E-state index is 0.0126. The van der Waals surface area contributed by atoms with E-state index >= 15 is 0 Å². The Kier molecular flexibility index (Phi) is 6.81. The van der Waals surface area contributed by atoms with Crippen molar-refractivity contribution in [2.24, 2.45) is 0 Å². The number of amides is 1. The topological polar surface area (TPSA) is 63.5 Å². The average Bonchev–Trinajstić information content (AvgIpc) is 2.46. The van der Waals surface area contributed by atoms with Gasteiger partial charge in [-0.05, 0) is 31.4 Å². The number of alkyl halides is 1. The SMILES string of the molecule is CCC(CC)N(CCBr)C(=O)c1ccc([N+](=O)[O-])cc1C. The number of carbonyl (C=O) groups excluding carboxylic acids is 1. The van der Waals surface area contributed by atoms with Crippen LogP contribution in [0.1, 0.15) is 42.6 Å². The number of aryl methyl sites for hydroxylation is 1. The van der Waals surface area contributed by atoms with Crippen molar-refractivity contribution in [2.45, 2.75) is 39.7 Å². The summed E-state index contributed by atoms with van der Waals surface area (Å²) in [6.45, 7) is 6.48. The molecule has 0 heterocycles. The summed E-state index contributed by atoms with van der Waals surface area (Å²) in [6.07, 6.45) is 1.78. The molecule has 0 spiro atoms. The minimum atomic E-state index is -0.446. The van der Waals surface area contributed by atoms with Crippen LogP contribution < -0.4 is 0 Å². The van der Waals surface area contributed by atoms with Gasteiger partial charge in [-0.3, -0.25) is 14.9 Å². The molecule has 0 bridgehead atoms. The van der Waals surface area contributed by atoms with E-state index in [1.807, 2.05) is 4.90 Å². The van der Waals surface area contributed by atoms with Gasteiger partial charge in [-0.1, -0.05) is 29.8 Å². The number of nitro benzene ring substituents is 1. The largest absolute Gasteiger partial charge is 0.335 e. The zero-order chi connectivity index (χ0) is 16.0. The molecule has 1 aromatic carbocycles. The number of rotatable bonds is 7. The lowest BCUT2D eigenvalue weighted by Crippen LogP contribution is -2.41. The molecule has 6 heteroatoms. The van der Waals surface area contributed by atoms with E-state index in [1.165, 1.54) is 12.1 Å². The molecule has 0 atom stereocenters. The first-order chi connectivity index (χ1) is 9.96. The summed E-state index contributed by atoms with van der Waals surface area (Å²) in [6, 6.07) is 4.58. The van der Waals surface area contributed by atoms with Crippen LogP contribution in [0.15, 0.2) is 18.2 Å². The lowest BCUT2D eigenvalue weighted by molar-refractivity contribution is -0.384. The highest BCUT2D eigenvalue weighted by Crippen LogP contribution is 2.21. The van der Waals surface area contributed by atoms with Crippen LogP contribution in [0.25, 0.3) is 0 Å². The van der Waals surface area contributed by atoms with Crippen LogP contribution in [0, 0.1) is 17.0 Å². The number of carbonyl (C=O) groups is 1. The smallest absolute Gasteiger partial charge is 0.269 e. The normalized spacial score (nSPS) is 10.7. The van der Waals surface area contributed by atoms with Crippen molar-refractivity contribution in [3.8, 4) is 0 Å². The van der Waals surface area contributed by atoms with Crippen LogP contribution in [0.4, 0.5) is 5.69 Å². The first-order valence-corrected chi connectivity index (χ1v) is 8.20. The fraction of sp³-hybridized carbons (Fsp3) is 0.533. The van der Waals surface area contributed by atoms with Gasteiger partial charge in [0, 0.05) is 35.6 Å². The van der Waals surface area contributed by atoms with Gasteiger partial charge in [0.1, 0.15) is 0 Å². The van der Waals surface area contributed by atoms with Crippen LogP contribution in [-0.4, -0.2) is 33.6 Å². The van der Waals surface area contributed by atoms with Gasteiger partial charge in [0.05, 0.1) is 4.92 Å². The lowest BCUT2D eigenvalue weighted by atomic mass is 10.0. The van der Waals surface area contributed by atoms with Gasteiger partial charge in [-0.15, -0.1) is 0 Å². The summed E-state index contributed by atoms with van der Waals surface area (Å²) in [5.74, 6) is -0.0597. The van der Waals surface area contributed by atoms with Crippen molar-refractivity contribution >= 4 is 27.5 Å². The highest BCUT2D eigenvalue weighted by molar-refractivity contribution is 9.09. The van der Waals surface area contributed by atoms with Gasteiger partial charge in [0.2, 0.25) is 0 Å². The second-order valence-corrected chi connectivity index (χ2v) is 5.71. The summed E-state index contributed by atoms with van der Waals surface area (Å²) >= 11 is 3.38. The quantitative estimate of drug-likeness (QED) is 0.422. The maximum Gasteiger partial charge on any atom is 0.269 e. The van der Waals surface area contributed by atoms with E-state index < -0.39 is 4.92 Å². The molecular formula is C15H21BrN2O3. The van der Waals surface area contributed by atoms with E-state index in [2.05, 4.69) is 29.8 Å². The van der Waals surface area contributed by atoms with E-state index in [4.69, 9.17) is 0 Å². The predicted octanol–water partition coefficient (Wildman–Crippen LogP) is 3.93. The molecule has 0 aliphatic rings. The Balaban J connectivity index is 3.11. The number of halogens is 1. The summed E-state index contributed by atoms with van der Waals surface area (Å²) in [5.41, 5.74) is 1.19. The fourth-order valence-electron chi connectivity index (χ4n) is 2.43. The molecule has 0 saturated heterocycles. The van der Waals surface area contributed by atoms with E-state index in [1.54, 1.807) is 13.0 Å². The second-order valence-electron chi connectivity index (χ2n) is 4.91. The van der Waals surface area contributed by atoms with Crippen molar-refractivity contribution in [1.82, 2.24) is 4.90 Å². The molecule has 0 unspecified atom stereocenters. The van der Waals surface area contributed by atoms with Gasteiger partial charge in [0.25, 0.3) is 11.6 Å². The molecule has 0 radical (unpaired) electrons. The standard InChI is InChI=1S/C15H21BrN2O3/c1-4-12(5-2)17(9-8-16)15(19)14-7-6-13(18(20)21)10-11(14)3/h6-7,10,12H,4-5,8-9H2,1-3H3. The highest BCUT2D eigenvalue weighted by Gasteiger charge is 2.23. The van der Waals surface area contributed by atoms with Crippen LogP contribution in [0.5, 0.6) is 0 Å². The molecule has 1 rings (SSSR count). The number of benzene rings is 1. The number of hydrogen-bond acceptors (Lipinski definition) is 3. The molecule has 0 aliphatic carbocycles. The van der Waals surface area contributed by atoms with Crippen molar-refractivity contribution in [3.05, 3.63) is 39.4 Å². The molecule has 5 nitrogen and oxygen atoms in total. The molecule has 0 N–H and O–H groups in total. The summed E-state index contributed by atoms with van der Waals surface area (Å²) in [4.78, 5) is 24.9. The molecule has 0 aliphatic heterocycles. The third kappa shape index (κ3) is 4.27. The molecule has 116 valence electrons. The number of nitrogens with zero attached hydrogens (tertiary/aromatic N) is 2. The average molecular weight is 357 g/mol. The predicted molar refractivity (Wildman–Crippen MR) is 87.0 cm³/mol. The van der Waals surface area contributed by atoms with E-state index in [0.717, 1.165) is 12.8 Å². The van der Waals surface area contributed by atoms with Gasteiger partial charge in [-0.25, -0.2) is 0 Å². The summed E-state index contributed by atoms with van der Waals surface area (Å²) in [7, 11) is 0. The maximum atomic E-state index is 12.7. The second kappa shape index (κ2) is 8.12. The summed E-state index contributed by atoms with van der Waals surface area (Å²) < 4.78 is 0. The van der Waals surface area contributed by atoms with Crippen molar-refractivity contribution < 1.29 is 9.72 Å². The van der Waals surface area contributed by atoms with E-state index in [9.17, 15) is 14.9 Å². The molecule has 1 aromatic rings. The van der Waals surface area contributed by atoms with E-state index in [0.29, 0.717) is 23.0 Å². The minimum Gasteiger partial charge on any atom is -0.335 e. The lowest BCUT2D eigenvalue weighted by Gasteiger charge is -2.30. The third-order valence-corrected chi connectivity index (χ3v) is 3.98. The van der Waals surface area contributed by atoms with Crippen LogP contribution >= 0.6 is 15.9 Å². The molecule has 1 amide bonds. The third-order valence-electron chi connectivity index (χ3n) is 3.62. The summed E-state index contributed by atoms with van der Waals surface area (Å²) in [5, 5.41) is 11.5. The van der Waals surface area contributed by atoms with Gasteiger partial charge >= 0.3 is 0 Å². The Labute approximate surface area is 133 Å². The Bertz CT molecular complexity index is 516. The molecule has 0 saturated carbocycles. The van der Waals surface area contributed by atoms with Crippen LogP contribution in [0.2, 0.25) is 0 Å². The van der Waals surface area contributed by atoms with Crippen LogP contribution in [-0.2, 0) is 0 Å². The maximum absolute atomic E-state index is 12.7. The zero-order valence-corrected chi connectivity index (χ0v) is 14.2. The first-order valence-electron chi connectivity index (χ1n) is 7.08. The molecule has 0 aromatic heterocycles. The van der Waals surface area contributed by atoms with Gasteiger partial charge in [0.15, 0.2) is 0 Å². The van der Waals surface area contributed by atoms with Crippen molar-refractivity contribution in [1.29, 1.82) is 0 Å². The van der Waals surface area contributed by atoms with Crippen molar-refractivity contribution in [3.63, 3.8) is 0 Å². The number of non-ortho nitro benzene ring substituents is 1. The Morgan fingerprint density at radius 3 is 2.43 bits per heavy atom. The first kappa shape index (κ1) is 17.6. The number of hydrogen-bond donors (Lipinski definition) is 0. The monoisotopic (exact) mass is 356 g/mol. The van der Waals surface area contributed by atoms with E-state index in [-0.39, 0.29) is 17.6 Å². The Hall–Kier alpha value is -1.43. The Morgan fingerprint density at radius 1 is 1.38 bits per heavy atom. The fourth-order valence-corrected chi connectivity index (χ4v) is 2.81. The molecule has 21 heavy (non-hydrogen) atoms. The van der Waals surface area contributed by atoms with Crippen LogP contribution in [0.3, 0.4) is 0 Å². The van der Waals surface area contributed by atoms with Crippen molar-refractivity contribution in [2.75, 3.05) is 11.9 Å². The molecule has 0 fully saturated rings. The molecular weight excluding hydrogens is 336 g/mol. The number of nitro groups is 1. The zero-order valence-electron chi connectivity index (χ0n) is 12.6. The Morgan fingerprint density at radius 2 is 2.00 bits per heavy atom.